The minimum atomic E-state index is -0.625. The van der Waals surface area contributed by atoms with E-state index < -0.39 is 6.10 Å². The van der Waals surface area contributed by atoms with Crippen molar-refractivity contribution < 1.29 is 19.4 Å². The van der Waals surface area contributed by atoms with Gasteiger partial charge in [-0.2, -0.15) is 0 Å². The Morgan fingerprint density at radius 3 is 2.43 bits per heavy atom. The predicted octanol–water partition coefficient (Wildman–Crippen LogP) is 2.55. The number of hydrogen-bond acceptors (Lipinski definition) is 5. The van der Waals surface area contributed by atoms with Crippen molar-refractivity contribution >= 4 is 17.5 Å². The molecule has 1 unspecified atom stereocenters. The predicted molar refractivity (Wildman–Crippen MR) is 108 cm³/mol. The zero-order valence-corrected chi connectivity index (χ0v) is 16.6. The van der Waals surface area contributed by atoms with Gasteiger partial charge in [0.15, 0.2) is 0 Å². The van der Waals surface area contributed by atoms with Gasteiger partial charge in [0.05, 0.1) is 12.1 Å². The van der Waals surface area contributed by atoms with Gasteiger partial charge in [0, 0.05) is 38.3 Å². The lowest BCUT2D eigenvalue weighted by molar-refractivity contribution is 0.0404. The third kappa shape index (κ3) is 5.38. The number of aliphatic hydroxyl groups excluding tert-OH is 1. The first-order chi connectivity index (χ1) is 13.6. The maximum atomic E-state index is 12.6. The summed E-state index contributed by atoms with van der Waals surface area (Å²) in [4.78, 5) is 16.6. The van der Waals surface area contributed by atoms with Crippen molar-refractivity contribution in [3.63, 3.8) is 0 Å². The van der Waals surface area contributed by atoms with Crippen molar-refractivity contribution in [1.82, 2.24) is 9.80 Å². The molecule has 1 saturated heterocycles. The molecule has 1 fully saturated rings. The summed E-state index contributed by atoms with van der Waals surface area (Å²) in [6.45, 7) is 3.35. The van der Waals surface area contributed by atoms with Gasteiger partial charge in [0.1, 0.15) is 24.2 Å². The maximum absolute atomic E-state index is 12.6. The monoisotopic (exact) mass is 404 g/mol. The minimum Gasteiger partial charge on any atom is -0.497 e. The number of para-hydroxylation sites is 1. The Labute approximate surface area is 170 Å². The summed E-state index contributed by atoms with van der Waals surface area (Å²) in [7, 11) is 1.60. The molecule has 2 aromatic carbocycles. The molecule has 1 heterocycles. The first kappa shape index (κ1) is 20.5. The van der Waals surface area contributed by atoms with Gasteiger partial charge in [-0.05, 0) is 36.4 Å². The van der Waals surface area contributed by atoms with Gasteiger partial charge in [-0.3, -0.25) is 9.69 Å². The molecule has 0 aromatic heterocycles. The van der Waals surface area contributed by atoms with Crippen molar-refractivity contribution in [2.24, 2.45) is 0 Å². The van der Waals surface area contributed by atoms with Crippen molar-refractivity contribution in [2.75, 3.05) is 46.4 Å². The lowest BCUT2D eigenvalue weighted by atomic mass is 10.1. The molecule has 1 aliphatic heterocycles. The van der Waals surface area contributed by atoms with Gasteiger partial charge in [-0.25, -0.2) is 0 Å². The first-order valence-corrected chi connectivity index (χ1v) is 9.65. The number of aliphatic hydroxyl groups is 1. The number of amides is 1. The summed E-state index contributed by atoms with van der Waals surface area (Å²) >= 11 is 6.05. The van der Waals surface area contributed by atoms with Crippen LogP contribution < -0.4 is 9.47 Å². The molecule has 0 bridgehead atoms. The second-order valence-corrected chi connectivity index (χ2v) is 7.12. The SMILES string of the molecule is COc1ccc(C(=O)N2CCN(CC(O)COc3ccccc3Cl)CC2)cc1. The van der Waals surface area contributed by atoms with Crippen LogP contribution in [0.15, 0.2) is 48.5 Å². The number of benzene rings is 2. The van der Waals surface area contributed by atoms with Crippen LogP contribution in [0.2, 0.25) is 5.02 Å². The van der Waals surface area contributed by atoms with Crippen molar-refractivity contribution in [2.45, 2.75) is 6.10 Å². The molecule has 0 spiro atoms. The fraction of sp³-hybridized carbons (Fsp3) is 0.381. The highest BCUT2D eigenvalue weighted by molar-refractivity contribution is 6.32. The fourth-order valence-corrected chi connectivity index (χ4v) is 3.34. The van der Waals surface area contributed by atoms with Crippen LogP contribution in [-0.4, -0.2) is 73.4 Å². The zero-order chi connectivity index (χ0) is 19.9. The number of β-amino-alcohol motifs (C(OH)–C–C–N with tert-alkyl or cyclic N) is 1. The molecule has 2 aromatic rings. The molecule has 7 heteroatoms. The Morgan fingerprint density at radius 2 is 1.79 bits per heavy atom. The lowest BCUT2D eigenvalue weighted by Crippen LogP contribution is -2.50. The van der Waals surface area contributed by atoms with Crippen LogP contribution in [0.3, 0.4) is 0 Å². The average Bonchev–Trinajstić information content (AvgIpc) is 2.73. The van der Waals surface area contributed by atoms with E-state index in [1.807, 2.05) is 17.0 Å². The number of halogens is 1. The van der Waals surface area contributed by atoms with E-state index in [1.165, 1.54) is 0 Å². The number of nitrogens with zero attached hydrogens (tertiary/aromatic N) is 2. The highest BCUT2D eigenvalue weighted by atomic mass is 35.5. The van der Waals surface area contributed by atoms with Gasteiger partial charge in [0.25, 0.3) is 5.91 Å². The number of rotatable bonds is 7. The maximum Gasteiger partial charge on any atom is 0.253 e. The molecule has 6 nitrogen and oxygen atoms in total. The number of ether oxygens (including phenoxy) is 2. The quantitative estimate of drug-likeness (QED) is 0.768. The summed E-state index contributed by atoms with van der Waals surface area (Å²) in [6, 6.07) is 14.3. The van der Waals surface area contributed by atoms with Gasteiger partial charge in [-0.1, -0.05) is 23.7 Å². The molecular formula is C21H25ClN2O4. The summed E-state index contributed by atoms with van der Waals surface area (Å²) in [5, 5.41) is 10.8. The van der Waals surface area contributed by atoms with E-state index in [0.717, 1.165) is 5.75 Å². The van der Waals surface area contributed by atoms with E-state index in [1.54, 1.807) is 43.5 Å². The van der Waals surface area contributed by atoms with Gasteiger partial charge in [0.2, 0.25) is 0 Å². The van der Waals surface area contributed by atoms with E-state index in [9.17, 15) is 9.90 Å². The Hall–Kier alpha value is -2.28. The standard InChI is InChI=1S/C21H25ClN2O4/c1-27-18-8-6-16(7-9-18)21(26)24-12-10-23(11-13-24)14-17(25)15-28-20-5-3-2-4-19(20)22/h2-9,17,25H,10-15H2,1H3. The van der Waals surface area contributed by atoms with Gasteiger partial charge < -0.3 is 19.5 Å². The Morgan fingerprint density at radius 1 is 1.11 bits per heavy atom. The number of carbonyl (C=O) groups excluding carboxylic acids is 1. The van der Waals surface area contributed by atoms with Gasteiger partial charge in [-0.15, -0.1) is 0 Å². The number of piperazine rings is 1. The molecule has 1 amide bonds. The Balaban J connectivity index is 1.43. The van der Waals surface area contributed by atoms with E-state index in [-0.39, 0.29) is 12.5 Å². The first-order valence-electron chi connectivity index (χ1n) is 9.28. The number of methoxy groups -OCH3 is 1. The third-order valence-corrected chi connectivity index (χ3v) is 5.05. The van der Waals surface area contributed by atoms with E-state index in [2.05, 4.69) is 4.90 Å². The van der Waals surface area contributed by atoms with Gasteiger partial charge >= 0.3 is 0 Å². The van der Waals surface area contributed by atoms with Crippen molar-refractivity contribution in [3.8, 4) is 11.5 Å². The summed E-state index contributed by atoms with van der Waals surface area (Å²) in [5.41, 5.74) is 0.655. The summed E-state index contributed by atoms with van der Waals surface area (Å²) in [6.07, 6.45) is -0.625. The van der Waals surface area contributed by atoms with Crippen LogP contribution in [-0.2, 0) is 0 Å². The zero-order valence-electron chi connectivity index (χ0n) is 15.9. The molecule has 1 N–H and O–H groups in total. The molecule has 1 aliphatic rings. The largest absolute Gasteiger partial charge is 0.497 e. The molecule has 0 aliphatic carbocycles. The Bertz CT molecular complexity index is 776. The van der Waals surface area contributed by atoms with E-state index in [4.69, 9.17) is 21.1 Å². The van der Waals surface area contributed by atoms with Crippen LogP contribution in [0.4, 0.5) is 0 Å². The van der Waals surface area contributed by atoms with Crippen LogP contribution in [0.25, 0.3) is 0 Å². The second-order valence-electron chi connectivity index (χ2n) is 6.72. The summed E-state index contributed by atoms with van der Waals surface area (Å²) in [5.74, 6) is 1.32. The molecule has 150 valence electrons. The Kier molecular flexibility index (Phi) is 7.14. The summed E-state index contributed by atoms with van der Waals surface area (Å²) < 4.78 is 10.7. The van der Waals surface area contributed by atoms with Crippen molar-refractivity contribution in [1.29, 1.82) is 0 Å². The van der Waals surface area contributed by atoms with Crippen LogP contribution >= 0.6 is 11.6 Å². The van der Waals surface area contributed by atoms with Crippen LogP contribution in [0.5, 0.6) is 11.5 Å². The average molecular weight is 405 g/mol. The molecule has 0 radical (unpaired) electrons. The third-order valence-electron chi connectivity index (χ3n) is 4.73. The fourth-order valence-electron chi connectivity index (χ4n) is 3.15. The normalized spacial score (nSPS) is 15.9. The highest BCUT2D eigenvalue weighted by Gasteiger charge is 2.23. The van der Waals surface area contributed by atoms with Crippen LogP contribution in [0.1, 0.15) is 10.4 Å². The molecule has 3 rings (SSSR count). The molecule has 1 atom stereocenters. The van der Waals surface area contributed by atoms with E-state index in [0.29, 0.717) is 49.1 Å². The topological polar surface area (TPSA) is 62.2 Å². The van der Waals surface area contributed by atoms with E-state index >= 15 is 0 Å². The number of hydrogen-bond donors (Lipinski definition) is 1. The van der Waals surface area contributed by atoms with Crippen LogP contribution in [0, 0.1) is 0 Å². The molecule has 28 heavy (non-hydrogen) atoms. The second kappa shape index (κ2) is 9.78. The molecular weight excluding hydrogens is 380 g/mol. The number of carbonyl (C=O) groups is 1. The minimum absolute atomic E-state index is 0.0184. The van der Waals surface area contributed by atoms with Crippen molar-refractivity contribution in [3.05, 3.63) is 59.1 Å². The lowest BCUT2D eigenvalue weighted by Gasteiger charge is -2.35. The molecule has 0 saturated carbocycles. The highest BCUT2D eigenvalue weighted by Crippen LogP contribution is 2.23. The smallest absolute Gasteiger partial charge is 0.253 e.